The van der Waals surface area contributed by atoms with Crippen molar-refractivity contribution in [3.8, 4) is 11.5 Å². The number of anilines is 1. The number of carbonyl (C=O) groups is 1. The van der Waals surface area contributed by atoms with Crippen LogP contribution in [0.15, 0.2) is 53.7 Å². The van der Waals surface area contributed by atoms with E-state index in [1.165, 1.54) is 11.8 Å². The van der Waals surface area contributed by atoms with Gasteiger partial charge in [0.25, 0.3) is 0 Å². The largest absolute Gasteiger partial charge is 0.495 e. The first-order chi connectivity index (χ1) is 13.6. The summed E-state index contributed by atoms with van der Waals surface area (Å²) in [4.78, 5) is 12.3. The van der Waals surface area contributed by atoms with E-state index >= 15 is 0 Å². The van der Waals surface area contributed by atoms with E-state index in [-0.39, 0.29) is 11.7 Å². The zero-order chi connectivity index (χ0) is 19.9. The van der Waals surface area contributed by atoms with Gasteiger partial charge in [0.15, 0.2) is 11.0 Å². The molecule has 7 nitrogen and oxygen atoms in total. The van der Waals surface area contributed by atoms with Gasteiger partial charge in [-0.25, -0.2) is 0 Å². The molecule has 0 radical (unpaired) electrons. The number of nitrogens with zero attached hydrogens (tertiary/aromatic N) is 3. The van der Waals surface area contributed by atoms with E-state index < -0.39 is 0 Å². The topological polar surface area (TPSA) is 78.3 Å². The van der Waals surface area contributed by atoms with Crippen LogP contribution in [0, 0.1) is 6.92 Å². The Morgan fingerprint density at radius 3 is 2.57 bits per heavy atom. The molecule has 0 bridgehead atoms. The average molecular weight is 398 g/mol. The minimum absolute atomic E-state index is 0.143. The van der Waals surface area contributed by atoms with Gasteiger partial charge in [0.05, 0.1) is 18.6 Å². The minimum atomic E-state index is -0.143. The van der Waals surface area contributed by atoms with Gasteiger partial charge in [-0.3, -0.25) is 4.79 Å². The zero-order valence-corrected chi connectivity index (χ0v) is 16.8. The number of hydrogen-bond donors (Lipinski definition) is 1. The third kappa shape index (κ3) is 4.83. The van der Waals surface area contributed by atoms with Gasteiger partial charge in [0.1, 0.15) is 18.1 Å². The molecule has 3 rings (SSSR count). The normalized spacial score (nSPS) is 10.5. The number of methoxy groups -OCH3 is 1. The van der Waals surface area contributed by atoms with Gasteiger partial charge in [-0.1, -0.05) is 42.1 Å². The molecule has 0 saturated heterocycles. The molecule has 0 saturated carbocycles. The molecule has 0 unspecified atom stereocenters. The summed E-state index contributed by atoms with van der Waals surface area (Å²) in [6.45, 7) is 2.30. The number of carbonyl (C=O) groups excluding carboxylic acids is 1. The maximum Gasteiger partial charge on any atom is 0.234 e. The summed E-state index contributed by atoms with van der Waals surface area (Å²) in [7, 11) is 3.43. The Balaban J connectivity index is 1.55. The maximum atomic E-state index is 12.3. The van der Waals surface area contributed by atoms with Gasteiger partial charge in [0.2, 0.25) is 5.91 Å². The smallest absolute Gasteiger partial charge is 0.234 e. The van der Waals surface area contributed by atoms with E-state index in [1.54, 1.807) is 19.2 Å². The van der Waals surface area contributed by atoms with Crippen molar-refractivity contribution < 1.29 is 14.3 Å². The Hall–Kier alpha value is -3.00. The molecule has 0 aliphatic rings. The highest BCUT2D eigenvalue weighted by atomic mass is 32.2. The van der Waals surface area contributed by atoms with Gasteiger partial charge < -0.3 is 19.4 Å². The number of thioether (sulfide) groups is 1. The fraction of sp³-hybridized carbons (Fsp3) is 0.250. The van der Waals surface area contributed by atoms with Gasteiger partial charge in [-0.15, -0.1) is 10.2 Å². The van der Waals surface area contributed by atoms with Crippen LogP contribution < -0.4 is 14.8 Å². The van der Waals surface area contributed by atoms with E-state index in [2.05, 4.69) is 15.5 Å². The molecule has 28 heavy (non-hydrogen) atoms. The molecule has 0 fully saturated rings. The van der Waals surface area contributed by atoms with Gasteiger partial charge in [-0.2, -0.15) is 0 Å². The van der Waals surface area contributed by atoms with Crippen molar-refractivity contribution in [1.82, 2.24) is 14.8 Å². The fourth-order valence-electron chi connectivity index (χ4n) is 2.52. The maximum absolute atomic E-state index is 12.3. The quantitative estimate of drug-likeness (QED) is 0.586. The van der Waals surface area contributed by atoms with Crippen LogP contribution in [0.25, 0.3) is 0 Å². The number of para-hydroxylation sites is 3. The summed E-state index contributed by atoms with van der Waals surface area (Å²) in [5.74, 6) is 2.19. The van der Waals surface area contributed by atoms with E-state index in [9.17, 15) is 4.79 Å². The van der Waals surface area contributed by atoms with E-state index in [0.29, 0.717) is 29.0 Å². The van der Waals surface area contributed by atoms with Crippen LogP contribution in [0.2, 0.25) is 0 Å². The highest BCUT2D eigenvalue weighted by molar-refractivity contribution is 7.99. The summed E-state index contributed by atoms with van der Waals surface area (Å²) in [6.07, 6.45) is 0. The number of hydrogen-bond acceptors (Lipinski definition) is 6. The number of nitrogens with one attached hydrogen (secondary N) is 1. The Kier molecular flexibility index (Phi) is 6.54. The Morgan fingerprint density at radius 1 is 1.11 bits per heavy atom. The summed E-state index contributed by atoms with van der Waals surface area (Å²) in [5.41, 5.74) is 1.70. The zero-order valence-electron chi connectivity index (χ0n) is 16.0. The van der Waals surface area contributed by atoms with Crippen molar-refractivity contribution in [1.29, 1.82) is 0 Å². The van der Waals surface area contributed by atoms with Crippen LogP contribution >= 0.6 is 11.8 Å². The van der Waals surface area contributed by atoms with Crippen LogP contribution in [-0.2, 0) is 18.4 Å². The SMILES string of the molecule is COc1ccccc1NC(=O)CSc1nnc(COc2ccccc2C)n1C. The summed E-state index contributed by atoms with van der Waals surface area (Å²) in [5, 5.41) is 11.8. The molecule has 146 valence electrons. The molecule has 2 aromatic carbocycles. The number of benzene rings is 2. The van der Waals surface area contributed by atoms with Crippen LogP contribution in [0.3, 0.4) is 0 Å². The third-order valence-corrected chi connectivity index (χ3v) is 5.11. The molecule has 1 aromatic heterocycles. The van der Waals surface area contributed by atoms with Gasteiger partial charge >= 0.3 is 0 Å². The number of rotatable bonds is 8. The monoisotopic (exact) mass is 398 g/mol. The predicted octanol–water partition coefficient (Wildman–Crippen LogP) is 3.44. The number of aryl methyl sites for hydroxylation is 1. The first kappa shape index (κ1) is 19.8. The molecule has 8 heteroatoms. The van der Waals surface area contributed by atoms with E-state index in [0.717, 1.165) is 11.3 Å². The second-order valence-corrected chi connectivity index (χ2v) is 6.99. The van der Waals surface area contributed by atoms with E-state index in [1.807, 2.05) is 54.9 Å². The van der Waals surface area contributed by atoms with Crippen LogP contribution in [-0.4, -0.2) is 33.5 Å². The van der Waals surface area contributed by atoms with Crippen molar-refractivity contribution >= 4 is 23.4 Å². The molecule has 1 N–H and O–H groups in total. The average Bonchev–Trinajstić information content (AvgIpc) is 3.06. The summed E-state index contributed by atoms with van der Waals surface area (Å²) in [6, 6.07) is 15.1. The van der Waals surface area contributed by atoms with Crippen LogP contribution in [0.1, 0.15) is 11.4 Å². The molecule has 0 spiro atoms. The molecular formula is C20H22N4O3S. The second kappa shape index (κ2) is 9.27. The van der Waals surface area contributed by atoms with Crippen molar-refractivity contribution in [3.05, 3.63) is 59.9 Å². The highest BCUT2D eigenvalue weighted by Gasteiger charge is 2.13. The summed E-state index contributed by atoms with van der Waals surface area (Å²) < 4.78 is 12.9. The lowest BCUT2D eigenvalue weighted by Gasteiger charge is -2.10. The standard InChI is InChI=1S/C20H22N4O3S/c1-14-8-4-6-10-16(14)27-12-18-22-23-20(24(18)2)28-13-19(25)21-15-9-5-7-11-17(15)26-3/h4-11H,12-13H2,1-3H3,(H,21,25). The third-order valence-electron chi connectivity index (χ3n) is 4.09. The molecule has 1 heterocycles. The molecule has 0 aliphatic carbocycles. The Morgan fingerprint density at radius 2 is 1.82 bits per heavy atom. The van der Waals surface area contributed by atoms with Crippen molar-refractivity contribution in [2.75, 3.05) is 18.2 Å². The lowest BCUT2D eigenvalue weighted by atomic mass is 10.2. The number of ether oxygens (including phenoxy) is 2. The van der Waals surface area contributed by atoms with E-state index in [4.69, 9.17) is 9.47 Å². The molecule has 0 aliphatic heterocycles. The molecule has 1 amide bonds. The first-order valence-corrected chi connectivity index (χ1v) is 9.69. The summed E-state index contributed by atoms with van der Waals surface area (Å²) >= 11 is 1.31. The number of aromatic nitrogens is 3. The fourth-order valence-corrected chi connectivity index (χ4v) is 3.25. The highest BCUT2D eigenvalue weighted by Crippen LogP contribution is 2.24. The molecule has 0 atom stereocenters. The Bertz CT molecular complexity index is 958. The number of amides is 1. The van der Waals surface area contributed by atoms with Gasteiger partial charge in [0, 0.05) is 7.05 Å². The van der Waals surface area contributed by atoms with Crippen LogP contribution in [0.5, 0.6) is 11.5 Å². The second-order valence-electron chi connectivity index (χ2n) is 6.05. The van der Waals surface area contributed by atoms with Crippen molar-refractivity contribution in [2.45, 2.75) is 18.7 Å². The van der Waals surface area contributed by atoms with Gasteiger partial charge in [-0.05, 0) is 30.7 Å². The predicted molar refractivity (Wildman–Crippen MR) is 109 cm³/mol. The lowest BCUT2D eigenvalue weighted by Crippen LogP contribution is -2.15. The molecule has 3 aromatic rings. The lowest BCUT2D eigenvalue weighted by molar-refractivity contribution is -0.113. The minimum Gasteiger partial charge on any atom is -0.495 e. The van der Waals surface area contributed by atoms with Crippen molar-refractivity contribution in [3.63, 3.8) is 0 Å². The first-order valence-electron chi connectivity index (χ1n) is 8.71. The van der Waals surface area contributed by atoms with Crippen molar-refractivity contribution in [2.24, 2.45) is 7.05 Å². The molecular weight excluding hydrogens is 376 g/mol. The van der Waals surface area contributed by atoms with Crippen LogP contribution in [0.4, 0.5) is 5.69 Å². The Labute approximate surface area is 168 Å².